The number of hydrogen-bond acceptors (Lipinski definition) is 2. The summed E-state index contributed by atoms with van der Waals surface area (Å²) in [6, 6.07) is 8.39. The molecule has 0 aromatic heterocycles. The zero-order valence-electron chi connectivity index (χ0n) is 7.80. The summed E-state index contributed by atoms with van der Waals surface area (Å²) in [6.45, 7) is 5.81. The monoisotopic (exact) mass is 174 g/mol. The van der Waals surface area contributed by atoms with Crippen LogP contribution in [0.2, 0.25) is 0 Å². The maximum absolute atomic E-state index is 3.83. The second-order valence-electron chi connectivity index (χ2n) is 3.48. The molecule has 1 aliphatic rings. The smallest absolute Gasteiger partial charge is 0.100 e. The standard InChI is InChI=1S/C11H14N2/c1-8(2)12-11-7-9-5-3-4-6-10(9)13-11/h3-6,11-13H,1,7H2,2H3. The lowest BCUT2D eigenvalue weighted by atomic mass is 10.1. The average molecular weight is 174 g/mol. The first-order chi connectivity index (χ1) is 6.25. The van der Waals surface area contributed by atoms with Crippen molar-refractivity contribution >= 4 is 5.69 Å². The van der Waals surface area contributed by atoms with Crippen LogP contribution >= 0.6 is 0 Å². The fourth-order valence-electron chi connectivity index (χ4n) is 1.68. The maximum Gasteiger partial charge on any atom is 0.100 e. The fourth-order valence-corrected chi connectivity index (χ4v) is 1.68. The van der Waals surface area contributed by atoms with Gasteiger partial charge in [0, 0.05) is 17.8 Å². The Morgan fingerprint density at radius 1 is 1.54 bits per heavy atom. The average Bonchev–Trinajstić information content (AvgIpc) is 2.44. The minimum Gasteiger partial charge on any atom is -0.369 e. The molecule has 1 atom stereocenters. The van der Waals surface area contributed by atoms with Crippen molar-refractivity contribution in [2.75, 3.05) is 5.32 Å². The van der Waals surface area contributed by atoms with Crippen molar-refractivity contribution in [3.05, 3.63) is 42.1 Å². The molecule has 2 nitrogen and oxygen atoms in total. The van der Waals surface area contributed by atoms with Crippen LogP contribution in [0.4, 0.5) is 5.69 Å². The van der Waals surface area contributed by atoms with E-state index < -0.39 is 0 Å². The Balaban J connectivity index is 2.09. The molecule has 2 heteroatoms. The van der Waals surface area contributed by atoms with Crippen LogP contribution in [-0.2, 0) is 6.42 Å². The summed E-state index contributed by atoms with van der Waals surface area (Å²) < 4.78 is 0. The van der Waals surface area contributed by atoms with Crippen LogP contribution < -0.4 is 10.6 Å². The Morgan fingerprint density at radius 2 is 2.31 bits per heavy atom. The van der Waals surface area contributed by atoms with Crippen molar-refractivity contribution in [3.8, 4) is 0 Å². The van der Waals surface area contributed by atoms with E-state index in [9.17, 15) is 0 Å². The van der Waals surface area contributed by atoms with E-state index in [1.807, 2.05) is 6.92 Å². The van der Waals surface area contributed by atoms with Gasteiger partial charge in [-0.25, -0.2) is 0 Å². The number of fused-ring (bicyclic) bond motifs is 1. The number of para-hydroxylation sites is 1. The third-order valence-electron chi connectivity index (χ3n) is 2.19. The molecule has 0 saturated carbocycles. The van der Waals surface area contributed by atoms with Crippen LogP contribution in [0.1, 0.15) is 12.5 Å². The second-order valence-corrected chi connectivity index (χ2v) is 3.48. The van der Waals surface area contributed by atoms with Gasteiger partial charge in [-0.2, -0.15) is 0 Å². The summed E-state index contributed by atoms with van der Waals surface area (Å²) in [5.74, 6) is 0. The Labute approximate surface area is 78.7 Å². The molecule has 1 heterocycles. The van der Waals surface area contributed by atoms with Gasteiger partial charge < -0.3 is 10.6 Å². The molecular weight excluding hydrogens is 160 g/mol. The third kappa shape index (κ3) is 1.66. The minimum absolute atomic E-state index is 0.315. The van der Waals surface area contributed by atoms with Gasteiger partial charge >= 0.3 is 0 Å². The first-order valence-electron chi connectivity index (χ1n) is 4.52. The molecular formula is C11H14N2. The third-order valence-corrected chi connectivity index (χ3v) is 2.19. The maximum atomic E-state index is 3.83. The van der Waals surface area contributed by atoms with Gasteiger partial charge in [0.2, 0.25) is 0 Å². The Hall–Kier alpha value is -1.44. The van der Waals surface area contributed by atoms with Gasteiger partial charge in [0.15, 0.2) is 0 Å². The molecule has 1 aromatic carbocycles. The number of allylic oxidation sites excluding steroid dienone is 1. The molecule has 1 unspecified atom stereocenters. The van der Waals surface area contributed by atoms with E-state index in [0.29, 0.717) is 6.17 Å². The number of benzene rings is 1. The van der Waals surface area contributed by atoms with Crippen molar-refractivity contribution < 1.29 is 0 Å². The number of hydrogen-bond donors (Lipinski definition) is 2. The lowest BCUT2D eigenvalue weighted by Crippen LogP contribution is -2.32. The van der Waals surface area contributed by atoms with E-state index in [2.05, 4.69) is 41.5 Å². The molecule has 68 valence electrons. The molecule has 2 N–H and O–H groups in total. The van der Waals surface area contributed by atoms with Crippen LogP contribution in [0.5, 0.6) is 0 Å². The lowest BCUT2D eigenvalue weighted by Gasteiger charge is -2.14. The van der Waals surface area contributed by atoms with Gasteiger partial charge in [0.05, 0.1) is 0 Å². The highest BCUT2D eigenvalue weighted by atomic mass is 15.1. The molecule has 0 radical (unpaired) electrons. The van der Waals surface area contributed by atoms with Crippen molar-refractivity contribution in [1.29, 1.82) is 0 Å². The lowest BCUT2D eigenvalue weighted by molar-refractivity contribution is 0.652. The zero-order valence-corrected chi connectivity index (χ0v) is 7.80. The summed E-state index contributed by atoms with van der Waals surface area (Å²) in [4.78, 5) is 0. The van der Waals surface area contributed by atoms with Crippen LogP contribution in [0.25, 0.3) is 0 Å². The molecule has 0 amide bonds. The van der Waals surface area contributed by atoms with Crippen molar-refractivity contribution in [2.45, 2.75) is 19.5 Å². The summed E-state index contributed by atoms with van der Waals surface area (Å²) in [5.41, 5.74) is 3.62. The molecule has 0 spiro atoms. The molecule has 0 aliphatic carbocycles. The molecule has 13 heavy (non-hydrogen) atoms. The first-order valence-corrected chi connectivity index (χ1v) is 4.52. The molecule has 0 bridgehead atoms. The summed E-state index contributed by atoms with van der Waals surface area (Å²) in [6.07, 6.45) is 1.35. The molecule has 0 saturated heterocycles. The van der Waals surface area contributed by atoms with E-state index in [1.54, 1.807) is 0 Å². The largest absolute Gasteiger partial charge is 0.369 e. The second kappa shape index (κ2) is 3.13. The van der Waals surface area contributed by atoms with E-state index in [-0.39, 0.29) is 0 Å². The number of nitrogens with one attached hydrogen (secondary N) is 2. The van der Waals surface area contributed by atoms with Gasteiger partial charge in [-0.3, -0.25) is 0 Å². The summed E-state index contributed by atoms with van der Waals surface area (Å²) in [7, 11) is 0. The van der Waals surface area contributed by atoms with E-state index >= 15 is 0 Å². The number of anilines is 1. The van der Waals surface area contributed by atoms with Crippen molar-refractivity contribution in [2.24, 2.45) is 0 Å². The highest BCUT2D eigenvalue weighted by Crippen LogP contribution is 2.24. The molecule has 0 fully saturated rings. The van der Waals surface area contributed by atoms with Crippen LogP contribution in [0.3, 0.4) is 0 Å². The van der Waals surface area contributed by atoms with Crippen molar-refractivity contribution in [3.63, 3.8) is 0 Å². The van der Waals surface area contributed by atoms with Crippen LogP contribution in [-0.4, -0.2) is 6.17 Å². The van der Waals surface area contributed by atoms with E-state index in [4.69, 9.17) is 0 Å². The molecule has 1 aliphatic heterocycles. The quantitative estimate of drug-likeness (QED) is 0.717. The molecule has 2 rings (SSSR count). The first kappa shape index (κ1) is 8.17. The minimum atomic E-state index is 0.315. The normalized spacial score (nSPS) is 19.0. The van der Waals surface area contributed by atoms with Crippen LogP contribution in [0, 0.1) is 0 Å². The van der Waals surface area contributed by atoms with E-state index in [0.717, 1.165) is 12.1 Å². The Kier molecular flexibility index (Phi) is 1.97. The highest BCUT2D eigenvalue weighted by Gasteiger charge is 2.18. The number of rotatable bonds is 2. The summed E-state index contributed by atoms with van der Waals surface area (Å²) in [5, 5.41) is 6.68. The van der Waals surface area contributed by atoms with Gasteiger partial charge in [-0.15, -0.1) is 0 Å². The molecule has 1 aromatic rings. The van der Waals surface area contributed by atoms with Gasteiger partial charge in [-0.1, -0.05) is 24.8 Å². The zero-order chi connectivity index (χ0) is 9.26. The predicted molar refractivity (Wildman–Crippen MR) is 55.5 cm³/mol. The Bertz CT molecular complexity index is 306. The highest BCUT2D eigenvalue weighted by molar-refractivity contribution is 5.56. The van der Waals surface area contributed by atoms with Gasteiger partial charge in [-0.05, 0) is 18.6 Å². The predicted octanol–water partition coefficient (Wildman–Crippen LogP) is 2.10. The van der Waals surface area contributed by atoms with Crippen LogP contribution in [0.15, 0.2) is 36.5 Å². The van der Waals surface area contributed by atoms with Gasteiger partial charge in [0.1, 0.15) is 6.17 Å². The SMILES string of the molecule is C=C(C)NC1Cc2ccccc2N1. The fraction of sp³-hybridized carbons (Fsp3) is 0.273. The Morgan fingerprint density at radius 3 is 3.00 bits per heavy atom. The van der Waals surface area contributed by atoms with E-state index in [1.165, 1.54) is 11.3 Å². The topological polar surface area (TPSA) is 24.1 Å². The van der Waals surface area contributed by atoms with Gasteiger partial charge in [0.25, 0.3) is 0 Å². The summed E-state index contributed by atoms with van der Waals surface area (Å²) >= 11 is 0. The van der Waals surface area contributed by atoms with Crippen molar-refractivity contribution in [1.82, 2.24) is 5.32 Å².